The number of benzene rings is 1. The van der Waals surface area contributed by atoms with Crippen LogP contribution in [0, 0.1) is 11.3 Å². The number of rotatable bonds is 4. The molecule has 0 bridgehead atoms. The molecule has 1 aromatic carbocycles. The molecule has 0 saturated carbocycles. The first-order chi connectivity index (χ1) is 9.75. The average molecular weight is 355 g/mol. The molecule has 1 amide bonds. The quantitative estimate of drug-likeness (QED) is 0.898. The van der Waals surface area contributed by atoms with Crippen molar-refractivity contribution >= 4 is 22.0 Å². The van der Waals surface area contributed by atoms with Gasteiger partial charge in [-0.25, -0.2) is 4.79 Å². The van der Waals surface area contributed by atoms with Gasteiger partial charge in [-0.15, -0.1) is 0 Å². The minimum atomic E-state index is -0.685. The topological polar surface area (TPSA) is 71.3 Å². The lowest BCUT2D eigenvalue weighted by Gasteiger charge is -2.21. The van der Waals surface area contributed by atoms with Crippen LogP contribution in [0.2, 0.25) is 0 Å². The lowest BCUT2D eigenvalue weighted by atomic mass is 10.1. The summed E-state index contributed by atoms with van der Waals surface area (Å²) >= 11 is 3.36. The van der Waals surface area contributed by atoms with E-state index in [9.17, 15) is 10.1 Å². The Bertz CT molecular complexity index is 547. The van der Waals surface area contributed by atoms with E-state index in [-0.39, 0.29) is 0 Å². The van der Waals surface area contributed by atoms with E-state index in [2.05, 4.69) is 27.3 Å². The molecule has 5 nitrogen and oxygen atoms in total. The largest absolute Gasteiger partial charge is 0.496 e. The molecule has 1 unspecified atom stereocenters. The molecule has 6 heteroatoms. The van der Waals surface area contributed by atoms with Gasteiger partial charge in [-0.2, -0.15) is 5.26 Å². The van der Waals surface area contributed by atoms with Crippen LogP contribution in [0.5, 0.6) is 5.75 Å². The van der Waals surface area contributed by atoms with E-state index in [1.54, 1.807) is 27.9 Å². The van der Waals surface area contributed by atoms with E-state index in [0.29, 0.717) is 12.2 Å². The van der Waals surface area contributed by atoms with Crippen LogP contribution in [0.4, 0.5) is 4.79 Å². The van der Waals surface area contributed by atoms with Crippen molar-refractivity contribution in [2.45, 2.75) is 38.8 Å². The predicted molar refractivity (Wildman–Crippen MR) is 83.2 cm³/mol. The van der Waals surface area contributed by atoms with E-state index in [1.807, 2.05) is 18.2 Å². The van der Waals surface area contributed by atoms with Crippen LogP contribution in [0.1, 0.15) is 26.3 Å². The third-order valence-corrected chi connectivity index (χ3v) is 3.01. The molecule has 0 radical (unpaired) electrons. The van der Waals surface area contributed by atoms with Crippen molar-refractivity contribution in [1.29, 1.82) is 5.26 Å². The Labute approximate surface area is 133 Å². The fourth-order valence-corrected chi connectivity index (χ4v) is 2.03. The second-order valence-electron chi connectivity index (χ2n) is 5.49. The monoisotopic (exact) mass is 354 g/mol. The van der Waals surface area contributed by atoms with Gasteiger partial charge in [-0.1, -0.05) is 22.0 Å². The molecule has 0 aromatic heterocycles. The summed E-state index contributed by atoms with van der Waals surface area (Å²) in [5.74, 6) is 0.663. The van der Waals surface area contributed by atoms with Crippen LogP contribution in [-0.2, 0) is 11.2 Å². The third-order valence-electron chi connectivity index (χ3n) is 2.52. The molecule has 1 aromatic rings. The highest BCUT2D eigenvalue weighted by molar-refractivity contribution is 9.10. The summed E-state index contributed by atoms with van der Waals surface area (Å²) in [6.07, 6.45) is -0.267. The van der Waals surface area contributed by atoms with E-state index in [0.717, 1.165) is 10.0 Å². The number of methoxy groups -OCH3 is 1. The number of nitrogens with zero attached hydrogens (tertiary/aromatic N) is 1. The van der Waals surface area contributed by atoms with Crippen LogP contribution in [0.3, 0.4) is 0 Å². The van der Waals surface area contributed by atoms with Gasteiger partial charge in [-0.3, -0.25) is 0 Å². The van der Waals surface area contributed by atoms with Gasteiger partial charge >= 0.3 is 6.09 Å². The van der Waals surface area contributed by atoms with Gasteiger partial charge in [0.2, 0.25) is 0 Å². The summed E-state index contributed by atoms with van der Waals surface area (Å²) in [6, 6.07) is 6.90. The molecule has 0 fully saturated rings. The number of alkyl carbamates (subject to hydrolysis) is 1. The van der Waals surface area contributed by atoms with Crippen molar-refractivity contribution < 1.29 is 14.3 Å². The molecule has 0 heterocycles. The Morgan fingerprint density at radius 3 is 2.67 bits per heavy atom. The fourth-order valence-electron chi connectivity index (χ4n) is 1.69. The van der Waals surface area contributed by atoms with Crippen molar-refractivity contribution in [3.63, 3.8) is 0 Å². The maximum atomic E-state index is 11.7. The molecule has 1 atom stereocenters. The van der Waals surface area contributed by atoms with Crippen LogP contribution < -0.4 is 10.1 Å². The fraction of sp³-hybridized carbons (Fsp3) is 0.467. The number of halogens is 1. The minimum Gasteiger partial charge on any atom is -0.496 e. The Morgan fingerprint density at radius 1 is 1.48 bits per heavy atom. The van der Waals surface area contributed by atoms with Crippen molar-refractivity contribution in [2.24, 2.45) is 0 Å². The first kappa shape index (κ1) is 17.3. The average Bonchev–Trinajstić information content (AvgIpc) is 2.37. The molecule has 0 spiro atoms. The molecule has 0 aliphatic carbocycles. The van der Waals surface area contributed by atoms with Gasteiger partial charge in [0.15, 0.2) is 0 Å². The minimum absolute atomic E-state index is 0.339. The smallest absolute Gasteiger partial charge is 0.408 e. The van der Waals surface area contributed by atoms with Gasteiger partial charge in [0.05, 0.1) is 13.2 Å². The zero-order valence-corrected chi connectivity index (χ0v) is 14.2. The van der Waals surface area contributed by atoms with Crippen LogP contribution in [-0.4, -0.2) is 24.8 Å². The molecule has 1 N–H and O–H groups in total. The third kappa shape index (κ3) is 6.05. The Morgan fingerprint density at radius 2 is 2.14 bits per heavy atom. The second kappa shape index (κ2) is 7.32. The molecule has 114 valence electrons. The second-order valence-corrected chi connectivity index (χ2v) is 6.40. The van der Waals surface area contributed by atoms with Crippen molar-refractivity contribution in [1.82, 2.24) is 5.32 Å². The molecule has 21 heavy (non-hydrogen) atoms. The van der Waals surface area contributed by atoms with E-state index < -0.39 is 17.7 Å². The molecular weight excluding hydrogens is 336 g/mol. The predicted octanol–water partition coefficient (Wildman–Crippen LogP) is 3.42. The lowest BCUT2D eigenvalue weighted by Crippen LogP contribution is -2.39. The zero-order valence-electron chi connectivity index (χ0n) is 12.6. The SMILES string of the molecule is COc1cc(Br)ccc1CC(C#N)NC(=O)OC(C)(C)C. The van der Waals surface area contributed by atoms with Gasteiger partial charge < -0.3 is 14.8 Å². The summed E-state index contributed by atoms with van der Waals surface area (Å²) < 4.78 is 11.3. The highest BCUT2D eigenvalue weighted by atomic mass is 79.9. The van der Waals surface area contributed by atoms with Crippen molar-refractivity contribution in [3.05, 3.63) is 28.2 Å². The first-order valence-electron chi connectivity index (χ1n) is 6.46. The number of carbonyl (C=O) groups is 1. The summed E-state index contributed by atoms with van der Waals surface area (Å²) in [4.78, 5) is 11.7. The van der Waals surface area contributed by atoms with E-state index in [4.69, 9.17) is 9.47 Å². The van der Waals surface area contributed by atoms with Gasteiger partial charge in [0.25, 0.3) is 0 Å². The number of hydrogen-bond acceptors (Lipinski definition) is 4. The number of ether oxygens (including phenoxy) is 2. The Hall–Kier alpha value is -1.74. The van der Waals surface area contributed by atoms with E-state index in [1.165, 1.54) is 0 Å². The lowest BCUT2D eigenvalue weighted by molar-refractivity contribution is 0.0515. The van der Waals surface area contributed by atoms with Crippen LogP contribution in [0.25, 0.3) is 0 Å². The van der Waals surface area contributed by atoms with Crippen LogP contribution in [0.15, 0.2) is 22.7 Å². The Kier molecular flexibility index (Phi) is 6.03. The van der Waals surface area contributed by atoms with Crippen molar-refractivity contribution in [2.75, 3.05) is 7.11 Å². The first-order valence-corrected chi connectivity index (χ1v) is 7.26. The van der Waals surface area contributed by atoms with E-state index >= 15 is 0 Å². The van der Waals surface area contributed by atoms with Gasteiger partial charge in [-0.05, 0) is 38.5 Å². The number of nitrogens with one attached hydrogen (secondary N) is 1. The molecule has 0 aliphatic rings. The molecule has 0 saturated heterocycles. The van der Waals surface area contributed by atoms with Gasteiger partial charge in [0, 0.05) is 10.9 Å². The molecule has 1 rings (SSSR count). The maximum Gasteiger partial charge on any atom is 0.408 e. The standard InChI is InChI=1S/C15H19BrN2O3/c1-15(2,3)21-14(19)18-12(9-17)7-10-5-6-11(16)8-13(10)20-4/h5-6,8,12H,7H2,1-4H3,(H,18,19). The highest BCUT2D eigenvalue weighted by Crippen LogP contribution is 2.24. The number of nitriles is 1. The number of amides is 1. The van der Waals surface area contributed by atoms with Crippen LogP contribution >= 0.6 is 15.9 Å². The zero-order chi connectivity index (χ0) is 16.0. The maximum absolute atomic E-state index is 11.7. The van der Waals surface area contributed by atoms with Gasteiger partial charge in [0.1, 0.15) is 17.4 Å². The summed E-state index contributed by atoms with van der Waals surface area (Å²) in [5, 5.41) is 11.7. The number of carbonyl (C=O) groups excluding carboxylic acids is 1. The summed E-state index contributed by atoms with van der Waals surface area (Å²) in [5.41, 5.74) is 0.239. The number of hydrogen-bond donors (Lipinski definition) is 1. The van der Waals surface area contributed by atoms with Crippen molar-refractivity contribution in [3.8, 4) is 11.8 Å². The summed E-state index contributed by atoms with van der Waals surface area (Å²) in [6.45, 7) is 5.31. The Balaban J connectivity index is 2.75. The normalized spacial score (nSPS) is 12.2. The highest BCUT2D eigenvalue weighted by Gasteiger charge is 2.20. The molecule has 0 aliphatic heterocycles. The summed E-state index contributed by atoms with van der Waals surface area (Å²) in [7, 11) is 1.56. The molecular formula is C15H19BrN2O3.